The van der Waals surface area contributed by atoms with Gasteiger partial charge in [0.1, 0.15) is 0 Å². The highest BCUT2D eigenvalue weighted by Gasteiger charge is 2.27. The van der Waals surface area contributed by atoms with E-state index < -0.39 is 0 Å². The topological polar surface area (TPSA) is 122 Å². The number of aliphatic imine (C=N–C) groups is 1. The molecular formula is C26H28N6O2. The summed E-state index contributed by atoms with van der Waals surface area (Å²) in [5, 5.41) is 6.09. The Hall–Kier alpha value is -4.07. The number of aryl methyl sites for hydroxylation is 1. The normalized spacial score (nSPS) is 16.4. The molecule has 8 heteroatoms. The predicted molar refractivity (Wildman–Crippen MR) is 133 cm³/mol. The van der Waals surface area contributed by atoms with E-state index in [4.69, 9.17) is 5.73 Å². The first-order chi connectivity index (χ1) is 16.5. The molecule has 34 heavy (non-hydrogen) atoms. The van der Waals surface area contributed by atoms with Crippen LogP contribution in [0.4, 0.5) is 17.5 Å². The second-order valence-electron chi connectivity index (χ2n) is 8.34. The Kier molecular flexibility index (Phi) is 7.27. The largest absolute Gasteiger partial charge is 0.369 e. The van der Waals surface area contributed by atoms with Crippen molar-refractivity contribution < 1.29 is 9.59 Å². The van der Waals surface area contributed by atoms with Gasteiger partial charge in [0.2, 0.25) is 11.9 Å². The van der Waals surface area contributed by atoms with E-state index in [0.717, 1.165) is 42.6 Å². The third kappa shape index (κ3) is 5.83. The molecule has 1 fully saturated rings. The summed E-state index contributed by atoms with van der Waals surface area (Å²) < 4.78 is 0. The minimum absolute atomic E-state index is 0.118. The summed E-state index contributed by atoms with van der Waals surface area (Å²) in [7, 11) is 0. The highest BCUT2D eigenvalue weighted by molar-refractivity contribution is 6.05. The van der Waals surface area contributed by atoms with Crippen molar-refractivity contribution in [3.05, 3.63) is 77.5 Å². The van der Waals surface area contributed by atoms with Gasteiger partial charge in [0.25, 0.3) is 5.91 Å². The smallest absolute Gasteiger partial charge is 0.251 e. The molecule has 1 heterocycles. The molecule has 0 spiro atoms. The third-order valence-corrected chi connectivity index (χ3v) is 5.81. The lowest BCUT2D eigenvalue weighted by Crippen LogP contribution is -2.26. The number of amides is 2. The molecule has 3 aromatic rings. The summed E-state index contributed by atoms with van der Waals surface area (Å²) in [5.74, 6) is 0.129. The van der Waals surface area contributed by atoms with Gasteiger partial charge in [-0.15, -0.1) is 0 Å². The van der Waals surface area contributed by atoms with Crippen molar-refractivity contribution in [3.63, 3.8) is 0 Å². The van der Waals surface area contributed by atoms with E-state index in [1.54, 1.807) is 30.5 Å². The van der Waals surface area contributed by atoms with Crippen molar-refractivity contribution in [3.8, 4) is 0 Å². The highest BCUT2D eigenvalue weighted by Crippen LogP contribution is 2.27. The SMILES string of the molecule is Cc1cnc(Nc2ccc(C(=O)NCCc3ccccc3)cc2)nc1N=C1CCC[C@@H]1C(N)=O. The van der Waals surface area contributed by atoms with Crippen LogP contribution in [0.5, 0.6) is 0 Å². The first-order valence-electron chi connectivity index (χ1n) is 11.4. The summed E-state index contributed by atoms with van der Waals surface area (Å²) in [6.07, 6.45) is 4.85. The summed E-state index contributed by atoms with van der Waals surface area (Å²) in [5.41, 5.74) is 9.61. The average molecular weight is 457 g/mol. The second kappa shape index (κ2) is 10.7. The van der Waals surface area contributed by atoms with Crippen LogP contribution in [0.15, 0.2) is 65.8 Å². The van der Waals surface area contributed by atoms with Crippen LogP contribution in [0.1, 0.15) is 40.7 Å². The molecule has 0 unspecified atom stereocenters. The molecule has 1 aliphatic rings. The van der Waals surface area contributed by atoms with Crippen LogP contribution in [0.25, 0.3) is 0 Å². The van der Waals surface area contributed by atoms with Gasteiger partial charge in [0.05, 0.1) is 5.92 Å². The van der Waals surface area contributed by atoms with Gasteiger partial charge < -0.3 is 16.4 Å². The van der Waals surface area contributed by atoms with Crippen molar-refractivity contribution in [1.82, 2.24) is 15.3 Å². The molecule has 0 bridgehead atoms. The van der Waals surface area contributed by atoms with E-state index in [1.807, 2.05) is 37.3 Å². The molecule has 4 rings (SSSR count). The molecule has 1 aliphatic carbocycles. The van der Waals surface area contributed by atoms with E-state index in [-0.39, 0.29) is 17.7 Å². The number of carbonyl (C=O) groups excluding carboxylic acids is 2. The predicted octanol–water partition coefficient (Wildman–Crippen LogP) is 3.86. The Bertz CT molecular complexity index is 1190. The van der Waals surface area contributed by atoms with Gasteiger partial charge in [-0.25, -0.2) is 9.98 Å². The number of hydrogen-bond acceptors (Lipinski definition) is 6. The van der Waals surface area contributed by atoms with Gasteiger partial charge in [0.15, 0.2) is 5.82 Å². The number of nitrogens with zero attached hydrogens (tertiary/aromatic N) is 3. The van der Waals surface area contributed by atoms with Gasteiger partial charge in [-0.2, -0.15) is 4.98 Å². The standard InChI is InChI=1S/C26H28N6O2/c1-17-16-29-26(32-24(17)31-22-9-5-8-21(22)23(27)33)30-20-12-10-19(11-13-20)25(34)28-15-14-18-6-3-2-4-7-18/h2-4,6-7,10-13,16,21H,5,8-9,14-15H2,1H3,(H2,27,33)(H,28,34)(H,29,30,32)/t21-/m0/s1. The molecule has 4 N–H and O–H groups in total. The van der Waals surface area contributed by atoms with E-state index >= 15 is 0 Å². The fraction of sp³-hybridized carbons (Fsp3) is 0.269. The Balaban J connectivity index is 1.38. The van der Waals surface area contributed by atoms with E-state index in [2.05, 4.69) is 25.6 Å². The van der Waals surface area contributed by atoms with E-state index in [9.17, 15) is 9.59 Å². The Morgan fingerprint density at radius 1 is 1.12 bits per heavy atom. The number of aromatic nitrogens is 2. The van der Waals surface area contributed by atoms with E-state index in [1.165, 1.54) is 5.56 Å². The van der Waals surface area contributed by atoms with Crippen molar-refractivity contribution >= 4 is 35.0 Å². The Morgan fingerprint density at radius 2 is 1.88 bits per heavy atom. The van der Waals surface area contributed by atoms with Gasteiger partial charge in [0, 0.05) is 35.3 Å². The van der Waals surface area contributed by atoms with Gasteiger partial charge in [-0.3, -0.25) is 9.59 Å². The minimum atomic E-state index is -0.342. The number of nitrogens with one attached hydrogen (secondary N) is 2. The molecule has 0 radical (unpaired) electrons. The molecule has 174 valence electrons. The molecule has 0 saturated heterocycles. The monoisotopic (exact) mass is 456 g/mol. The van der Waals surface area contributed by atoms with Crippen LogP contribution in [0.3, 0.4) is 0 Å². The zero-order valence-corrected chi connectivity index (χ0v) is 19.1. The lowest BCUT2D eigenvalue weighted by molar-refractivity contribution is -0.119. The number of nitrogens with two attached hydrogens (primary N) is 1. The molecule has 2 amide bonds. The van der Waals surface area contributed by atoms with Crippen molar-refractivity contribution in [2.45, 2.75) is 32.6 Å². The number of carbonyl (C=O) groups is 2. The first-order valence-corrected chi connectivity index (χ1v) is 11.4. The molecule has 1 atom stereocenters. The highest BCUT2D eigenvalue weighted by atomic mass is 16.2. The number of primary amides is 1. The summed E-state index contributed by atoms with van der Waals surface area (Å²) in [6, 6.07) is 17.2. The Labute approximate surface area is 198 Å². The zero-order valence-electron chi connectivity index (χ0n) is 19.1. The second-order valence-corrected chi connectivity index (χ2v) is 8.34. The van der Waals surface area contributed by atoms with Crippen LogP contribution >= 0.6 is 0 Å². The third-order valence-electron chi connectivity index (χ3n) is 5.81. The molecule has 8 nitrogen and oxygen atoms in total. The maximum Gasteiger partial charge on any atom is 0.251 e. The summed E-state index contributed by atoms with van der Waals surface area (Å²) in [6.45, 7) is 2.45. The van der Waals surface area contributed by atoms with Crippen molar-refractivity contribution in [1.29, 1.82) is 0 Å². The fourth-order valence-electron chi connectivity index (χ4n) is 3.91. The maximum absolute atomic E-state index is 12.4. The first kappa shape index (κ1) is 23.1. The molecular weight excluding hydrogens is 428 g/mol. The quantitative estimate of drug-likeness (QED) is 0.475. The van der Waals surface area contributed by atoms with Crippen LogP contribution in [0, 0.1) is 12.8 Å². The van der Waals surface area contributed by atoms with Gasteiger partial charge >= 0.3 is 0 Å². The molecule has 1 aromatic heterocycles. The summed E-state index contributed by atoms with van der Waals surface area (Å²) in [4.78, 5) is 37.5. The molecule has 0 aliphatic heterocycles. The maximum atomic E-state index is 12.4. The number of hydrogen-bond donors (Lipinski definition) is 3. The van der Waals surface area contributed by atoms with E-state index in [0.29, 0.717) is 23.9 Å². The number of rotatable bonds is 8. The van der Waals surface area contributed by atoms with Gasteiger partial charge in [-0.1, -0.05) is 30.3 Å². The lowest BCUT2D eigenvalue weighted by atomic mass is 10.1. The lowest BCUT2D eigenvalue weighted by Gasteiger charge is -2.10. The zero-order chi connectivity index (χ0) is 23.9. The Morgan fingerprint density at radius 3 is 2.62 bits per heavy atom. The molecule has 2 aromatic carbocycles. The fourth-order valence-corrected chi connectivity index (χ4v) is 3.91. The average Bonchev–Trinajstić information content (AvgIpc) is 3.31. The van der Waals surface area contributed by atoms with Gasteiger partial charge in [-0.05, 0) is 62.4 Å². The van der Waals surface area contributed by atoms with Crippen LogP contribution in [0.2, 0.25) is 0 Å². The van der Waals surface area contributed by atoms with Crippen molar-refractivity contribution in [2.24, 2.45) is 16.6 Å². The van der Waals surface area contributed by atoms with Crippen LogP contribution < -0.4 is 16.4 Å². The molecule has 1 saturated carbocycles. The van der Waals surface area contributed by atoms with Crippen LogP contribution in [-0.2, 0) is 11.2 Å². The number of benzene rings is 2. The minimum Gasteiger partial charge on any atom is -0.369 e. The summed E-state index contributed by atoms with van der Waals surface area (Å²) >= 11 is 0. The van der Waals surface area contributed by atoms with Crippen LogP contribution in [-0.4, -0.2) is 34.0 Å². The number of anilines is 2. The van der Waals surface area contributed by atoms with Crippen molar-refractivity contribution in [2.75, 3.05) is 11.9 Å².